The van der Waals surface area contributed by atoms with Crippen molar-refractivity contribution in [3.05, 3.63) is 47.5 Å². The van der Waals surface area contributed by atoms with Gasteiger partial charge in [0.15, 0.2) is 29.6 Å². The number of ether oxygens (including phenoxy) is 4. The molecule has 0 saturated heterocycles. The van der Waals surface area contributed by atoms with Crippen molar-refractivity contribution in [1.29, 1.82) is 0 Å². The van der Waals surface area contributed by atoms with Crippen LogP contribution in [0.4, 0.5) is 0 Å². The second-order valence-corrected chi connectivity index (χ2v) is 6.47. The number of likely N-dealkylation sites (N-methyl/N-ethyl adjacent to an activating group) is 1. The number of hydrogen-bond acceptors (Lipinski definition) is 5. The summed E-state index contributed by atoms with van der Waals surface area (Å²) in [6.45, 7) is 5.01. The molecule has 0 heterocycles. The summed E-state index contributed by atoms with van der Waals surface area (Å²) in [5.41, 5.74) is 2.01. The number of carbonyl (C=O) groups excluding carboxylic acids is 1. The zero-order chi connectivity index (χ0) is 20.5. The molecule has 0 aliphatic carbocycles. The Morgan fingerprint density at radius 2 is 1.57 bits per heavy atom. The van der Waals surface area contributed by atoms with Crippen molar-refractivity contribution in [2.24, 2.45) is 0 Å². The first kappa shape index (κ1) is 21.4. The summed E-state index contributed by atoms with van der Waals surface area (Å²) in [5.74, 6) is 2.40. The molecule has 6 nitrogen and oxygen atoms in total. The molecule has 2 aromatic carbocycles. The first-order valence-corrected chi connectivity index (χ1v) is 9.30. The molecule has 0 unspecified atom stereocenters. The van der Waals surface area contributed by atoms with Crippen LogP contribution in [0.5, 0.6) is 23.0 Å². The van der Waals surface area contributed by atoms with Crippen molar-refractivity contribution in [2.75, 3.05) is 34.5 Å². The van der Waals surface area contributed by atoms with Gasteiger partial charge in [0.1, 0.15) is 0 Å². The molecule has 0 spiro atoms. The number of amides is 1. The van der Waals surface area contributed by atoms with E-state index in [1.807, 2.05) is 44.2 Å². The second-order valence-electron chi connectivity index (χ2n) is 6.47. The standard InChI is InChI=1S/C22H29NO5/c1-6-11-27-18-9-7-8-10-19(18)28-15-22(24)23(3)14-17-13-21(26-5)20(25-4)12-16(17)2/h7-10,12-13H,6,11,14-15H2,1-5H3. The molecule has 6 heteroatoms. The lowest BCUT2D eigenvalue weighted by Gasteiger charge is -2.20. The van der Waals surface area contributed by atoms with Crippen LogP contribution in [0.25, 0.3) is 0 Å². The van der Waals surface area contributed by atoms with E-state index in [2.05, 4.69) is 0 Å². The molecular weight excluding hydrogens is 358 g/mol. The van der Waals surface area contributed by atoms with Crippen molar-refractivity contribution < 1.29 is 23.7 Å². The van der Waals surface area contributed by atoms with Crippen LogP contribution in [0.1, 0.15) is 24.5 Å². The molecule has 0 bridgehead atoms. The van der Waals surface area contributed by atoms with Gasteiger partial charge in [-0.2, -0.15) is 0 Å². The predicted molar refractivity (Wildman–Crippen MR) is 108 cm³/mol. The van der Waals surface area contributed by atoms with E-state index < -0.39 is 0 Å². The van der Waals surface area contributed by atoms with Gasteiger partial charge in [0, 0.05) is 13.6 Å². The van der Waals surface area contributed by atoms with Crippen LogP contribution in [0.2, 0.25) is 0 Å². The fraction of sp³-hybridized carbons (Fsp3) is 0.409. The van der Waals surface area contributed by atoms with Crippen molar-refractivity contribution in [2.45, 2.75) is 26.8 Å². The van der Waals surface area contributed by atoms with Crippen LogP contribution < -0.4 is 18.9 Å². The Hall–Kier alpha value is -2.89. The zero-order valence-corrected chi connectivity index (χ0v) is 17.3. The van der Waals surface area contributed by atoms with Gasteiger partial charge in [-0.25, -0.2) is 0 Å². The topological polar surface area (TPSA) is 57.2 Å². The number of benzene rings is 2. The number of aryl methyl sites for hydroxylation is 1. The van der Waals surface area contributed by atoms with Crippen molar-refractivity contribution in [1.82, 2.24) is 4.90 Å². The molecule has 2 aromatic rings. The highest BCUT2D eigenvalue weighted by Gasteiger charge is 2.15. The molecule has 0 aromatic heterocycles. The van der Waals surface area contributed by atoms with Crippen LogP contribution in [-0.2, 0) is 11.3 Å². The van der Waals surface area contributed by atoms with Crippen LogP contribution in [0.3, 0.4) is 0 Å². The minimum Gasteiger partial charge on any atom is -0.493 e. The molecule has 1 amide bonds. The van der Waals surface area contributed by atoms with Gasteiger partial charge in [0.2, 0.25) is 0 Å². The number of carbonyl (C=O) groups is 1. The van der Waals surface area contributed by atoms with Crippen LogP contribution in [0.15, 0.2) is 36.4 Å². The molecule has 0 atom stereocenters. The largest absolute Gasteiger partial charge is 0.493 e. The van der Waals surface area contributed by atoms with Crippen molar-refractivity contribution in [3.8, 4) is 23.0 Å². The third-order valence-corrected chi connectivity index (χ3v) is 4.34. The van der Waals surface area contributed by atoms with Crippen LogP contribution in [-0.4, -0.2) is 45.3 Å². The Kier molecular flexibility index (Phi) is 7.99. The third kappa shape index (κ3) is 5.55. The van der Waals surface area contributed by atoms with E-state index in [-0.39, 0.29) is 12.5 Å². The normalized spacial score (nSPS) is 10.3. The Morgan fingerprint density at radius 1 is 0.964 bits per heavy atom. The number of rotatable bonds is 10. The van der Waals surface area contributed by atoms with Gasteiger partial charge in [-0.1, -0.05) is 19.1 Å². The summed E-state index contributed by atoms with van der Waals surface area (Å²) < 4.78 is 22.0. The maximum Gasteiger partial charge on any atom is 0.260 e. The highest BCUT2D eigenvalue weighted by molar-refractivity contribution is 5.77. The average Bonchev–Trinajstić information content (AvgIpc) is 2.71. The lowest BCUT2D eigenvalue weighted by atomic mass is 10.1. The summed E-state index contributed by atoms with van der Waals surface area (Å²) in [6, 6.07) is 11.2. The molecule has 28 heavy (non-hydrogen) atoms. The molecule has 152 valence electrons. The second kappa shape index (κ2) is 10.4. The van der Waals surface area contributed by atoms with Crippen molar-refractivity contribution >= 4 is 5.91 Å². The average molecular weight is 387 g/mol. The highest BCUT2D eigenvalue weighted by atomic mass is 16.5. The van der Waals surface area contributed by atoms with E-state index in [4.69, 9.17) is 18.9 Å². The van der Waals surface area contributed by atoms with Gasteiger partial charge in [0.05, 0.1) is 20.8 Å². The molecule has 2 rings (SSSR count). The molecule has 0 N–H and O–H groups in total. The predicted octanol–water partition coefficient (Wildman–Crippen LogP) is 3.84. The Balaban J connectivity index is 2.01. The number of para-hydroxylation sites is 2. The molecular formula is C22H29NO5. The summed E-state index contributed by atoms with van der Waals surface area (Å²) in [5, 5.41) is 0. The Labute approximate surface area is 167 Å². The van der Waals surface area contributed by atoms with Gasteiger partial charge in [-0.15, -0.1) is 0 Å². The molecule has 0 aliphatic rings. The van der Waals surface area contributed by atoms with Gasteiger partial charge in [0.25, 0.3) is 5.91 Å². The number of methoxy groups -OCH3 is 2. The summed E-state index contributed by atoms with van der Waals surface area (Å²) in [6.07, 6.45) is 0.903. The number of hydrogen-bond donors (Lipinski definition) is 0. The molecule has 0 saturated carbocycles. The maximum absolute atomic E-state index is 12.5. The van der Waals surface area contributed by atoms with Crippen molar-refractivity contribution in [3.63, 3.8) is 0 Å². The highest BCUT2D eigenvalue weighted by Crippen LogP contribution is 2.31. The van der Waals surface area contributed by atoms with Crippen LogP contribution >= 0.6 is 0 Å². The quantitative estimate of drug-likeness (QED) is 0.620. The molecule has 0 radical (unpaired) electrons. The zero-order valence-electron chi connectivity index (χ0n) is 17.3. The van der Waals surface area contributed by atoms with Gasteiger partial charge in [-0.05, 0) is 48.7 Å². The minimum absolute atomic E-state index is 0.0602. The van der Waals surface area contributed by atoms with Crippen LogP contribution in [0, 0.1) is 6.92 Å². The van der Waals surface area contributed by atoms with E-state index in [0.717, 1.165) is 17.5 Å². The van der Waals surface area contributed by atoms with E-state index in [1.165, 1.54) is 0 Å². The summed E-state index contributed by atoms with van der Waals surface area (Å²) in [4.78, 5) is 14.2. The summed E-state index contributed by atoms with van der Waals surface area (Å²) in [7, 11) is 4.95. The smallest absolute Gasteiger partial charge is 0.260 e. The Bertz CT molecular complexity index is 790. The van der Waals surface area contributed by atoms with E-state index in [0.29, 0.717) is 36.1 Å². The minimum atomic E-state index is -0.125. The van der Waals surface area contributed by atoms with Gasteiger partial charge >= 0.3 is 0 Å². The fourth-order valence-electron chi connectivity index (χ4n) is 2.69. The van der Waals surface area contributed by atoms with E-state index >= 15 is 0 Å². The van der Waals surface area contributed by atoms with Gasteiger partial charge in [-0.3, -0.25) is 4.79 Å². The first-order valence-electron chi connectivity index (χ1n) is 9.30. The lowest BCUT2D eigenvalue weighted by molar-refractivity contribution is -0.132. The van der Waals surface area contributed by atoms with Gasteiger partial charge < -0.3 is 23.8 Å². The first-order chi connectivity index (χ1) is 13.5. The SMILES string of the molecule is CCCOc1ccccc1OCC(=O)N(C)Cc1cc(OC)c(OC)cc1C. The third-order valence-electron chi connectivity index (χ3n) is 4.34. The number of nitrogens with zero attached hydrogens (tertiary/aromatic N) is 1. The van der Waals surface area contributed by atoms with E-state index in [1.54, 1.807) is 32.2 Å². The monoisotopic (exact) mass is 387 g/mol. The summed E-state index contributed by atoms with van der Waals surface area (Å²) >= 11 is 0. The molecule has 0 fully saturated rings. The Morgan fingerprint density at radius 3 is 2.18 bits per heavy atom. The maximum atomic E-state index is 12.5. The fourth-order valence-corrected chi connectivity index (χ4v) is 2.69. The van der Waals surface area contributed by atoms with E-state index in [9.17, 15) is 4.79 Å². The molecule has 0 aliphatic heterocycles. The lowest BCUT2D eigenvalue weighted by Crippen LogP contribution is -2.31.